The van der Waals surface area contributed by atoms with E-state index in [1.807, 2.05) is 44.2 Å². The van der Waals surface area contributed by atoms with Gasteiger partial charge in [-0.1, -0.05) is 32.0 Å². The largest absolute Gasteiger partial charge is 0.486 e. The fourth-order valence-electron chi connectivity index (χ4n) is 0.702. The van der Waals surface area contributed by atoms with Gasteiger partial charge in [-0.05, 0) is 26.0 Å². The second-order valence-electron chi connectivity index (χ2n) is 2.51. The van der Waals surface area contributed by atoms with Crippen molar-refractivity contribution in [2.45, 2.75) is 27.7 Å². The third kappa shape index (κ3) is 12.4. The lowest BCUT2D eigenvalue weighted by atomic mass is 10.3. The summed E-state index contributed by atoms with van der Waals surface area (Å²) in [7, 11) is 0. The molecule has 0 unspecified atom stereocenters. The van der Waals surface area contributed by atoms with Crippen LogP contribution in [0.5, 0.6) is 5.75 Å². The maximum absolute atomic E-state index is 10.5. The average Bonchev–Trinajstić information content (AvgIpc) is 2.30. The molecular formula is C13H20O3. The minimum atomic E-state index is -0.583. The van der Waals surface area contributed by atoms with Gasteiger partial charge < -0.3 is 9.53 Å². The van der Waals surface area contributed by atoms with Crippen LogP contribution in [0.3, 0.4) is 0 Å². The maximum atomic E-state index is 10.5. The van der Waals surface area contributed by atoms with E-state index in [0.717, 1.165) is 5.75 Å². The third-order valence-electron chi connectivity index (χ3n) is 1.19. The van der Waals surface area contributed by atoms with Gasteiger partial charge in [-0.25, -0.2) is 0 Å². The number of ketones is 1. The first kappa shape index (κ1) is 14.4. The fourth-order valence-corrected chi connectivity index (χ4v) is 0.702. The van der Waals surface area contributed by atoms with E-state index < -0.39 is 6.26 Å². The molecule has 0 aromatic heterocycles. The molecule has 0 fully saturated rings. The van der Waals surface area contributed by atoms with E-state index in [2.05, 4.69) is 0 Å². The van der Waals surface area contributed by atoms with E-state index in [9.17, 15) is 4.79 Å². The highest BCUT2D eigenvalue weighted by Crippen LogP contribution is 2.07. The Labute approximate surface area is 98.8 Å². The van der Waals surface area contributed by atoms with Crippen LogP contribution in [0, 0.1) is 0 Å². The van der Waals surface area contributed by atoms with Crippen LogP contribution >= 0.6 is 0 Å². The molecule has 16 heavy (non-hydrogen) atoms. The SMILES string of the molecule is CC.CC(=O)COc1ccccc1.[2H]C(C)=O. The first-order chi connectivity index (χ1) is 8.02. The lowest BCUT2D eigenvalue weighted by molar-refractivity contribution is -0.118. The summed E-state index contributed by atoms with van der Waals surface area (Å²) in [5.41, 5.74) is 0. The predicted molar refractivity (Wildman–Crippen MR) is 65.7 cm³/mol. The first-order valence-corrected chi connectivity index (χ1v) is 5.17. The highest BCUT2D eigenvalue weighted by atomic mass is 16.5. The Morgan fingerprint density at radius 3 is 2.19 bits per heavy atom. The predicted octanol–water partition coefficient (Wildman–Crippen LogP) is 2.89. The van der Waals surface area contributed by atoms with Gasteiger partial charge in [0.15, 0.2) is 5.78 Å². The molecular weight excluding hydrogens is 204 g/mol. The Morgan fingerprint density at radius 2 is 1.81 bits per heavy atom. The van der Waals surface area contributed by atoms with Gasteiger partial charge in [0.1, 0.15) is 20.0 Å². The lowest BCUT2D eigenvalue weighted by Crippen LogP contribution is -2.06. The number of ether oxygens (including phenoxy) is 1. The number of para-hydroxylation sites is 1. The number of Topliss-reactive ketones (excluding diaryl/α,β-unsaturated/α-hetero) is 1. The quantitative estimate of drug-likeness (QED) is 0.743. The van der Waals surface area contributed by atoms with Gasteiger partial charge in [-0.2, -0.15) is 0 Å². The Balaban J connectivity index is 0. The zero-order chi connectivity index (χ0) is 13.7. The maximum Gasteiger partial charge on any atom is 0.167 e. The Kier molecular flexibility index (Phi) is 12.0. The van der Waals surface area contributed by atoms with Gasteiger partial charge in [0.25, 0.3) is 0 Å². The van der Waals surface area contributed by atoms with Crippen molar-refractivity contribution in [3.05, 3.63) is 30.3 Å². The van der Waals surface area contributed by atoms with Crippen molar-refractivity contribution in [3.63, 3.8) is 0 Å². The van der Waals surface area contributed by atoms with Crippen LogP contribution in [-0.2, 0) is 9.59 Å². The van der Waals surface area contributed by atoms with Crippen LogP contribution in [0.15, 0.2) is 30.3 Å². The molecule has 0 N–H and O–H groups in total. The van der Waals surface area contributed by atoms with E-state index in [1.54, 1.807) is 0 Å². The van der Waals surface area contributed by atoms with Crippen molar-refractivity contribution in [2.75, 3.05) is 6.61 Å². The lowest BCUT2D eigenvalue weighted by Gasteiger charge is -2.01. The highest BCUT2D eigenvalue weighted by molar-refractivity contribution is 5.77. The Morgan fingerprint density at radius 1 is 1.38 bits per heavy atom. The number of benzene rings is 1. The normalized spacial score (nSPS) is 8.38. The molecule has 0 spiro atoms. The molecule has 0 bridgehead atoms. The summed E-state index contributed by atoms with van der Waals surface area (Å²) in [5, 5.41) is 0. The molecule has 0 radical (unpaired) electrons. The standard InChI is InChI=1S/C9H10O2.C2H4O.C2H6/c1-8(10)7-11-9-5-3-2-4-6-9;1-2-3;1-2/h2-6H,7H2,1H3;2H,1H3;1-2H3/i;2D;. The third-order valence-corrected chi connectivity index (χ3v) is 1.19. The molecule has 3 nitrogen and oxygen atoms in total. The number of hydrogen-bond acceptors (Lipinski definition) is 3. The summed E-state index contributed by atoms with van der Waals surface area (Å²) in [6.07, 6.45) is -0.583. The van der Waals surface area contributed by atoms with Gasteiger partial charge in [0.2, 0.25) is 0 Å². The smallest absolute Gasteiger partial charge is 0.167 e. The van der Waals surface area contributed by atoms with Crippen molar-refractivity contribution < 1.29 is 15.7 Å². The molecule has 0 aliphatic rings. The van der Waals surface area contributed by atoms with Gasteiger partial charge in [0.05, 0.1) is 0 Å². The molecule has 1 rings (SSSR count). The summed E-state index contributed by atoms with van der Waals surface area (Å²) in [6.45, 7) is 6.85. The second kappa shape index (κ2) is 13.4. The minimum absolute atomic E-state index is 0.0360. The number of rotatable bonds is 3. The van der Waals surface area contributed by atoms with Gasteiger partial charge in [-0.3, -0.25) is 4.79 Å². The van der Waals surface area contributed by atoms with Gasteiger partial charge in [-0.15, -0.1) is 0 Å². The molecule has 0 saturated carbocycles. The van der Waals surface area contributed by atoms with Gasteiger partial charge >= 0.3 is 0 Å². The molecule has 90 valence electrons. The van der Waals surface area contributed by atoms with Crippen LogP contribution in [0.1, 0.15) is 29.1 Å². The molecule has 0 aliphatic carbocycles. The number of aldehydes is 1. The monoisotopic (exact) mass is 225 g/mol. The highest BCUT2D eigenvalue weighted by Gasteiger charge is 1.93. The summed E-state index contributed by atoms with van der Waals surface area (Å²) >= 11 is 0. The topological polar surface area (TPSA) is 43.4 Å². The van der Waals surface area contributed by atoms with Crippen molar-refractivity contribution >= 4 is 12.0 Å². The minimum Gasteiger partial charge on any atom is -0.486 e. The van der Waals surface area contributed by atoms with E-state index in [-0.39, 0.29) is 12.4 Å². The summed E-state index contributed by atoms with van der Waals surface area (Å²) in [6, 6.07) is 9.29. The van der Waals surface area contributed by atoms with Crippen LogP contribution in [0.25, 0.3) is 0 Å². The van der Waals surface area contributed by atoms with Crippen molar-refractivity contribution in [3.8, 4) is 5.75 Å². The van der Waals surface area contributed by atoms with Crippen LogP contribution in [0.2, 0.25) is 0 Å². The summed E-state index contributed by atoms with van der Waals surface area (Å²) < 4.78 is 11.1. The Hall–Kier alpha value is -1.64. The molecule has 0 atom stereocenters. The number of carbonyl (C=O) groups is 2. The number of hydrogen-bond donors (Lipinski definition) is 0. The van der Waals surface area contributed by atoms with Crippen molar-refractivity contribution in [2.24, 2.45) is 0 Å². The van der Waals surface area contributed by atoms with Crippen LogP contribution in [0.4, 0.5) is 0 Å². The fraction of sp³-hybridized carbons (Fsp3) is 0.385. The summed E-state index contributed by atoms with van der Waals surface area (Å²) in [4.78, 5) is 19.6. The first-order valence-electron chi connectivity index (χ1n) is 5.67. The molecule has 1 aromatic rings. The zero-order valence-corrected chi connectivity index (χ0v) is 10.3. The molecule has 0 heterocycles. The van der Waals surface area contributed by atoms with E-state index >= 15 is 0 Å². The van der Waals surface area contributed by atoms with Crippen LogP contribution < -0.4 is 4.74 Å². The molecule has 3 heteroatoms. The molecule has 0 amide bonds. The van der Waals surface area contributed by atoms with E-state index in [1.165, 1.54) is 13.8 Å². The van der Waals surface area contributed by atoms with Gasteiger partial charge in [0, 0.05) is 0 Å². The van der Waals surface area contributed by atoms with Crippen LogP contribution in [-0.4, -0.2) is 18.7 Å². The van der Waals surface area contributed by atoms with Crippen molar-refractivity contribution in [1.82, 2.24) is 0 Å². The Bertz CT molecular complexity index is 306. The van der Waals surface area contributed by atoms with E-state index in [0.29, 0.717) is 0 Å². The molecule has 0 saturated heterocycles. The van der Waals surface area contributed by atoms with E-state index in [4.69, 9.17) is 10.9 Å². The molecule has 0 aliphatic heterocycles. The zero-order valence-electron chi connectivity index (χ0n) is 11.3. The molecule has 1 aromatic carbocycles. The van der Waals surface area contributed by atoms with Crippen molar-refractivity contribution in [1.29, 1.82) is 0 Å². The summed E-state index contributed by atoms with van der Waals surface area (Å²) in [5.74, 6) is 0.775. The number of carbonyl (C=O) groups excluding carboxylic acids is 2. The average molecular weight is 225 g/mol. The second-order valence-corrected chi connectivity index (χ2v) is 2.51.